The summed E-state index contributed by atoms with van der Waals surface area (Å²) in [4.78, 5) is 6.61. The summed E-state index contributed by atoms with van der Waals surface area (Å²) < 4.78 is 0. The maximum atomic E-state index is 4.52. The van der Waals surface area contributed by atoms with Crippen LogP contribution in [-0.2, 0) is 21.1 Å². The van der Waals surface area contributed by atoms with Gasteiger partial charge in [-0.1, -0.05) is 34.7 Å². The number of hydrogen-bond acceptors (Lipinski definition) is 4. The summed E-state index contributed by atoms with van der Waals surface area (Å²) in [6.07, 6.45) is 3.68. The maximum absolute atomic E-state index is 4.52. The molecule has 0 N–H and O–H groups in total. The van der Waals surface area contributed by atoms with E-state index in [2.05, 4.69) is 69.8 Å². The number of thioether (sulfide) groups is 1. The summed E-state index contributed by atoms with van der Waals surface area (Å²) in [5.41, 5.74) is 5.02. The van der Waals surface area contributed by atoms with E-state index in [1.54, 1.807) is 23.1 Å². The number of hydrogen-bond donors (Lipinski definition) is 0. The molecule has 0 bridgehead atoms. The van der Waals surface area contributed by atoms with Crippen LogP contribution in [0.5, 0.6) is 0 Å². The van der Waals surface area contributed by atoms with Gasteiger partial charge in [0.05, 0.1) is 0 Å². The second-order valence-electron chi connectivity index (χ2n) is 6.37. The summed E-state index contributed by atoms with van der Waals surface area (Å²) >= 11 is 3.31. The zero-order valence-electron chi connectivity index (χ0n) is 15.7. The van der Waals surface area contributed by atoms with Crippen LogP contribution >= 0.6 is 23.1 Å². The fourth-order valence-electron chi connectivity index (χ4n) is 3.21. The van der Waals surface area contributed by atoms with Crippen molar-refractivity contribution in [2.24, 2.45) is 0 Å². The standard InChI is InChI=1S/C24H16N3S2.Pt/c1-2-8-20(9-3-1)27(21-10-4-6-18(16-21)23-25-12-14-28-23)22-11-5-7-19(17-22)24-26-13-15-29-24;/h1-15,23H;/q-3;. The fourth-order valence-corrected chi connectivity index (χ4v) is 4.55. The van der Waals surface area contributed by atoms with E-state index in [1.165, 1.54) is 0 Å². The first kappa shape index (κ1) is 20.9. The van der Waals surface area contributed by atoms with Gasteiger partial charge in [-0.2, -0.15) is 41.3 Å². The Balaban J connectivity index is 0.00000218. The van der Waals surface area contributed by atoms with E-state index in [0.29, 0.717) is 0 Å². The Bertz CT molecular complexity index is 1120. The van der Waals surface area contributed by atoms with Crippen molar-refractivity contribution in [3.05, 3.63) is 113 Å². The number of benzene rings is 3. The third-order valence-corrected chi connectivity index (χ3v) is 6.22. The largest absolute Gasteiger partial charge is 0.677 e. The van der Waals surface area contributed by atoms with Gasteiger partial charge in [-0.15, -0.1) is 47.7 Å². The molecule has 1 unspecified atom stereocenters. The molecule has 3 aromatic carbocycles. The van der Waals surface area contributed by atoms with E-state index < -0.39 is 0 Å². The van der Waals surface area contributed by atoms with Gasteiger partial charge < -0.3 is 10.2 Å². The second kappa shape index (κ2) is 9.65. The van der Waals surface area contributed by atoms with Crippen LogP contribution in [0.3, 0.4) is 0 Å². The van der Waals surface area contributed by atoms with Crippen molar-refractivity contribution in [1.29, 1.82) is 0 Å². The first-order valence-electron chi connectivity index (χ1n) is 9.18. The smallest absolute Gasteiger partial charge is 0.0423 e. The van der Waals surface area contributed by atoms with Crippen LogP contribution in [0.25, 0.3) is 15.9 Å². The van der Waals surface area contributed by atoms with Crippen molar-refractivity contribution in [3.8, 4) is 10.6 Å². The molecule has 30 heavy (non-hydrogen) atoms. The molecule has 4 aromatic rings. The Morgan fingerprint density at radius 2 is 1.70 bits per heavy atom. The minimum Gasteiger partial charge on any atom is -0.677 e. The Kier molecular flexibility index (Phi) is 6.73. The van der Waals surface area contributed by atoms with Crippen LogP contribution in [0.2, 0.25) is 0 Å². The Hall–Kier alpha value is -2.33. The van der Waals surface area contributed by atoms with E-state index >= 15 is 0 Å². The molecule has 0 fully saturated rings. The average Bonchev–Trinajstić information content (AvgIpc) is 3.50. The molecule has 0 saturated carbocycles. The van der Waals surface area contributed by atoms with Gasteiger partial charge in [0.25, 0.3) is 0 Å². The molecule has 152 valence electrons. The van der Waals surface area contributed by atoms with E-state index in [1.807, 2.05) is 47.5 Å². The van der Waals surface area contributed by atoms with Gasteiger partial charge in [-0.05, 0) is 17.8 Å². The molecule has 0 amide bonds. The van der Waals surface area contributed by atoms with Gasteiger partial charge >= 0.3 is 0 Å². The molecule has 0 spiro atoms. The van der Waals surface area contributed by atoms with Crippen LogP contribution < -0.4 is 4.90 Å². The molecule has 2 heterocycles. The summed E-state index contributed by atoms with van der Waals surface area (Å²) in [7, 11) is 0. The van der Waals surface area contributed by atoms with Gasteiger partial charge in [0.2, 0.25) is 0 Å². The average molecular weight is 606 g/mol. The zero-order chi connectivity index (χ0) is 19.5. The fraction of sp³-hybridized carbons (Fsp3) is 0.0417. The van der Waals surface area contributed by atoms with Crippen molar-refractivity contribution in [1.82, 2.24) is 4.98 Å². The number of aromatic nitrogens is 1. The molecule has 3 nitrogen and oxygen atoms in total. The maximum Gasteiger partial charge on any atom is 0.0423 e. The molecule has 0 aliphatic carbocycles. The first-order chi connectivity index (χ1) is 14.4. The molecule has 1 atom stereocenters. The molecule has 6 heteroatoms. The molecule has 1 aromatic heterocycles. The van der Waals surface area contributed by atoms with Crippen molar-refractivity contribution >= 4 is 40.2 Å². The van der Waals surface area contributed by atoms with E-state index in [0.717, 1.165) is 33.2 Å². The van der Waals surface area contributed by atoms with Crippen molar-refractivity contribution in [3.63, 3.8) is 0 Å². The molecule has 0 radical (unpaired) electrons. The summed E-state index contributed by atoms with van der Waals surface area (Å²) in [6.45, 7) is 0. The predicted octanol–water partition coefficient (Wildman–Crippen LogP) is 7.47. The van der Waals surface area contributed by atoms with Crippen molar-refractivity contribution < 1.29 is 21.1 Å². The van der Waals surface area contributed by atoms with Gasteiger partial charge in [0, 0.05) is 43.3 Å². The van der Waals surface area contributed by atoms with Crippen LogP contribution in [0.15, 0.2) is 89.9 Å². The molecule has 1 aliphatic heterocycles. The third-order valence-electron chi connectivity index (χ3n) is 4.50. The second-order valence-corrected chi connectivity index (χ2v) is 8.26. The topological polar surface area (TPSA) is 30.2 Å². The quantitative estimate of drug-likeness (QED) is 0.221. The van der Waals surface area contributed by atoms with Crippen LogP contribution in [0.4, 0.5) is 17.1 Å². The normalized spacial score (nSPS) is 14.7. The van der Waals surface area contributed by atoms with Gasteiger partial charge in [0.1, 0.15) is 0 Å². The number of anilines is 3. The molecule has 0 saturated heterocycles. The summed E-state index contributed by atoms with van der Waals surface area (Å²) in [6, 6.07) is 29.8. The summed E-state index contributed by atoms with van der Waals surface area (Å²) in [5, 5.41) is 9.55. The number of thiazole rings is 1. The Morgan fingerprint density at radius 3 is 2.43 bits per heavy atom. The molecular formula is C24H16N3PtS2-3. The zero-order valence-corrected chi connectivity index (χ0v) is 19.6. The summed E-state index contributed by atoms with van der Waals surface area (Å²) in [5.74, 6) is 0. The van der Waals surface area contributed by atoms with Gasteiger partial charge in [0.15, 0.2) is 0 Å². The van der Waals surface area contributed by atoms with E-state index in [4.69, 9.17) is 0 Å². The number of rotatable bonds is 5. The van der Waals surface area contributed by atoms with Crippen LogP contribution in [-0.4, -0.2) is 4.98 Å². The minimum atomic E-state index is 0. The first-order valence-corrected chi connectivity index (χ1v) is 11.0. The number of para-hydroxylation sites is 1. The predicted molar refractivity (Wildman–Crippen MR) is 123 cm³/mol. The Morgan fingerprint density at radius 1 is 0.900 bits per heavy atom. The third kappa shape index (κ3) is 4.39. The SMILES string of the molecule is [Pt].[c-]1c(-c2nccs2)cccc1N(c1[c-]c(C2[N-]C=CS2)ccc1)c1ccccc1. The minimum absolute atomic E-state index is 0. The van der Waals surface area contributed by atoms with E-state index in [9.17, 15) is 0 Å². The van der Waals surface area contributed by atoms with Gasteiger partial charge in [-0.25, -0.2) is 0 Å². The monoisotopic (exact) mass is 605 g/mol. The van der Waals surface area contributed by atoms with Crippen LogP contribution in [0.1, 0.15) is 10.9 Å². The van der Waals surface area contributed by atoms with Crippen molar-refractivity contribution in [2.75, 3.05) is 4.90 Å². The van der Waals surface area contributed by atoms with Crippen LogP contribution in [0, 0.1) is 12.1 Å². The molecular weight excluding hydrogens is 589 g/mol. The Labute approximate surface area is 199 Å². The van der Waals surface area contributed by atoms with Gasteiger partial charge in [-0.3, -0.25) is 4.98 Å². The molecule has 5 rings (SSSR count). The number of nitrogens with zero attached hydrogens (tertiary/aromatic N) is 3. The van der Waals surface area contributed by atoms with E-state index in [-0.39, 0.29) is 26.4 Å². The van der Waals surface area contributed by atoms with Crippen molar-refractivity contribution in [2.45, 2.75) is 5.37 Å². The molecule has 1 aliphatic rings.